The molecule has 504 valence electrons. The highest BCUT2D eigenvalue weighted by Crippen LogP contribution is 2.41. The number of piperazine rings is 3. The quantitative estimate of drug-likeness (QED) is 0.0622. The highest BCUT2D eigenvalue weighted by atomic mass is 19.1. The van der Waals surface area contributed by atoms with E-state index in [1.807, 2.05) is 50.9 Å². The van der Waals surface area contributed by atoms with Crippen LogP contribution in [0.1, 0.15) is 88.0 Å². The number of halogens is 2. The summed E-state index contributed by atoms with van der Waals surface area (Å²) in [7, 11) is 0. The number of nitrogens with one attached hydrogen (secondary N) is 6. The Hall–Kier alpha value is -6.74. The van der Waals surface area contributed by atoms with Gasteiger partial charge in [0, 0.05) is 175 Å². The van der Waals surface area contributed by atoms with Crippen LogP contribution >= 0.6 is 0 Å². The number of fused-ring (bicyclic) bond motifs is 2. The summed E-state index contributed by atoms with van der Waals surface area (Å²) in [5, 5.41) is 13.4. The number of carbonyl (C=O) groups is 4. The van der Waals surface area contributed by atoms with Gasteiger partial charge in [0.25, 0.3) is 17.0 Å². The van der Waals surface area contributed by atoms with Gasteiger partial charge in [-0.25, -0.2) is 8.78 Å². The molecule has 6 N–H and O–H groups in total. The molecule has 24 heteroatoms. The number of aromatic nitrogens is 2. The number of amides is 4. The number of ether oxygens (including phenoxy) is 2. The number of hydrogen-bond donors (Lipinski definition) is 6. The van der Waals surface area contributed by atoms with Gasteiger partial charge in [0.15, 0.2) is 6.10 Å². The molecule has 2 aromatic heterocycles. The molecule has 7 aliphatic heterocycles. The lowest BCUT2D eigenvalue weighted by Gasteiger charge is -2.43. The molecule has 4 aromatic rings. The Kier molecular flexibility index (Phi) is 21.8. The lowest BCUT2D eigenvalue weighted by molar-refractivity contribution is -0.139. The maximum atomic E-state index is 14.3. The number of nitrogens with zero attached hydrogens (tertiary/aromatic N) is 8. The molecular weight excluding hydrogens is 1190 g/mol. The molecule has 11 rings (SSSR count). The van der Waals surface area contributed by atoms with Crippen molar-refractivity contribution in [1.29, 1.82) is 0 Å². The van der Waals surface area contributed by atoms with Gasteiger partial charge in [0.1, 0.15) is 17.7 Å². The number of pyridine rings is 2. The highest BCUT2D eigenvalue weighted by molar-refractivity contribution is 5.98. The number of hydrogen-bond acceptors (Lipinski definition) is 16. The topological polar surface area (TPSA) is 226 Å². The smallest absolute Gasteiger partial charge is 0.251 e. The van der Waals surface area contributed by atoms with Crippen molar-refractivity contribution >= 4 is 35.0 Å². The molecule has 22 nitrogen and oxygen atoms in total. The Labute approximate surface area is 544 Å². The number of morpholine rings is 2. The van der Waals surface area contributed by atoms with Crippen LogP contribution in [0.2, 0.25) is 0 Å². The molecule has 5 saturated heterocycles. The number of rotatable bonds is 22. The van der Waals surface area contributed by atoms with Gasteiger partial charge >= 0.3 is 0 Å². The van der Waals surface area contributed by atoms with E-state index in [-0.39, 0.29) is 83.6 Å². The molecule has 9 heterocycles. The van der Waals surface area contributed by atoms with Gasteiger partial charge in [-0.3, -0.25) is 43.5 Å². The number of H-pyrrole nitrogens is 2. The normalized spacial score (nSPS) is 24.7. The molecule has 93 heavy (non-hydrogen) atoms. The zero-order valence-electron chi connectivity index (χ0n) is 55.1. The zero-order chi connectivity index (χ0) is 65.6. The van der Waals surface area contributed by atoms with E-state index in [0.717, 1.165) is 74.6 Å². The van der Waals surface area contributed by atoms with Gasteiger partial charge in [-0.2, -0.15) is 0 Å². The van der Waals surface area contributed by atoms with Crippen molar-refractivity contribution < 1.29 is 37.4 Å². The predicted octanol–water partition coefficient (Wildman–Crippen LogP) is 2.34. The fraction of sp³-hybridized carbons (Fsp3) is 0.594. The van der Waals surface area contributed by atoms with Gasteiger partial charge < -0.3 is 65.2 Å². The third-order valence-corrected chi connectivity index (χ3v) is 19.7. The van der Waals surface area contributed by atoms with E-state index in [4.69, 9.17) is 9.47 Å². The Balaban J connectivity index is 0.566. The second-order valence-corrected chi connectivity index (χ2v) is 28.1. The summed E-state index contributed by atoms with van der Waals surface area (Å²) in [6.45, 7) is 26.7. The molecule has 5 fully saturated rings. The van der Waals surface area contributed by atoms with E-state index in [1.165, 1.54) is 24.3 Å². The van der Waals surface area contributed by atoms with Crippen LogP contribution in [-0.2, 0) is 52.3 Å². The average Bonchev–Trinajstić information content (AvgIpc) is 1.62. The first-order valence-electron chi connectivity index (χ1n) is 33.6. The molecule has 0 bridgehead atoms. The van der Waals surface area contributed by atoms with Crippen molar-refractivity contribution in [2.45, 2.75) is 114 Å². The second-order valence-electron chi connectivity index (χ2n) is 28.1. The first-order chi connectivity index (χ1) is 44.6. The SMILES string of the molecule is C[C@@H]1CN(CC(=O)N2CC(C)(C)c3[nH]c(=O)c(Cc4ccc(F)cc4)cc32)C(/C=C/N2CCO[C@H](C(=O)NCCCN3CCN(CCCNC(=O)[C@@H]4CN(C[C@H]5CN[C@H](C)CN5CC(=O)N5CC(C)(C)c6[nH]c(=O)c(Cc7ccc(F)cc7)cc65)CCO4)CC3)C2)CN1. The Morgan fingerprint density at radius 1 is 0.602 bits per heavy atom. The molecule has 6 atom stereocenters. The van der Waals surface area contributed by atoms with Gasteiger partial charge in [-0.15, -0.1) is 0 Å². The first-order valence-corrected chi connectivity index (χ1v) is 33.6. The summed E-state index contributed by atoms with van der Waals surface area (Å²) < 4.78 is 39.3. The molecule has 7 aliphatic rings. The number of aromatic amines is 2. The minimum Gasteiger partial charge on any atom is -0.372 e. The van der Waals surface area contributed by atoms with Crippen molar-refractivity contribution in [2.24, 2.45) is 0 Å². The molecule has 0 saturated carbocycles. The average molecular weight is 1290 g/mol. The Bertz CT molecular complexity index is 3430. The van der Waals surface area contributed by atoms with Gasteiger partial charge in [-0.05, 0) is 93.5 Å². The van der Waals surface area contributed by atoms with Crippen molar-refractivity contribution in [3.8, 4) is 0 Å². The lowest BCUT2D eigenvalue weighted by atomic mass is 9.91. The van der Waals surface area contributed by atoms with Crippen LogP contribution in [0.5, 0.6) is 0 Å². The minimum atomic E-state index is -0.601. The van der Waals surface area contributed by atoms with Gasteiger partial charge in [0.2, 0.25) is 17.7 Å². The van der Waals surface area contributed by atoms with E-state index in [0.29, 0.717) is 134 Å². The summed E-state index contributed by atoms with van der Waals surface area (Å²) in [5.74, 6) is -0.990. The van der Waals surface area contributed by atoms with Crippen LogP contribution in [0.15, 0.2) is 82.5 Å². The lowest BCUT2D eigenvalue weighted by Crippen LogP contribution is -2.62. The van der Waals surface area contributed by atoms with Crippen LogP contribution in [-0.4, -0.2) is 250 Å². The summed E-state index contributed by atoms with van der Waals surface area (Å²) >= 11 is 0. The summed E-state index contributed by atoms with van der Waals surface area (Å²) in [4.78, 5) is 106. The summed E-state index contributed by atoms with van der Waals surface area (Å²) in [6.07, 6.45) is 5.24. The minimum absolute atomic E-state index is 0.0272. The highest BCUT2D eigenvalue weighted by Gasteiger charge is 2.43. The Morgan fingerprint density at radius 2 is 1.08 bits per heavy atom. The fourth-order valence-electron chi connectivity index (χ4n) is 14.3. The maximum Gasteiger partial charge on any atom is 0.251 e. The Morgan fingerprint density at radius 3 is 1.60 bits per heavy atom. The van der Waals surface area contributed by atoms with Crippen molar-refractivity contribution in [3.63, 3.8) is 0 Å². The van der Waals surface area contributed by atoms with Gasteiger partial charge in [0.05, 0.1) is 44.2 Å². The zero-order valence-corrected chi connectivity index (χ0v) is 55.1. The first kappa shape index (κ1) is 67.7. The van der Waals surface area contributed by atoms with Crippen LogP contribution < -0.4 is 42.2 Å². The summed E-state index contributed by atoms with van der Waals surface area (Å²) in [6, 6.07) is 16.2. The van der Waals surface area contributed by atoms with E-state index < -0.39 is 23.0 Å². The van der Waals surface area contributed by atoms with Crippen LogP contribution in [0.4, 0.5) is 20.2 Å². The number of carbonyl (C=O) groups excluding carboxylic acids is 4. The number of anilines is 2. The molecule has 0 spiro atoms. The van der Waals surface area contributed by atoms with Crippen molar-refractivity contribution in [3.05, 3.63) is 139 Å². The fourth-order valence-corrected chi connectivity index (χ4v) is 14.3. The molecule has 0 aliphatic carbocycles. The largest absolute Gasteiger partial charge is 0.372 e. The van der Waals surface area contributed by atoms with Crippen LogP contribution in [0.3, 0.4) is 0 Å². The van der Waals surface area contributed by atoms with E-state index in [1.54, 1.807) is 29.2 Å². The molecular formula is C69H96F2N14O8. The van der Waals surface area contributed by atoms with E-state index in [2.05, 4.69) is 80.6 Å². The van der Waals surface area contributed by atoms with E-state index >= 15 is 0 Å². The standard InChI is InChI=1S/C69H96F2N14O8/c1-46-37-82(42-60(86)84-44-68(3,4)62-56(84)33-50(64(88)76-62)31-48-9-13-52(70)14-10-48)54(35-74-46)17-22-80-27-29-92-58(40-80)66(90)72-18-7-20-78-23-25-79(26-24-78)21-8-19-73-67(91)59-41-81(28-30-93-59)39-55-36-75-47(2)38-83(55)43-61(87)85-45-69(5,6)63-57(85)34-51(65(89)77-63)32-49-11-15-53(71)16-12-49/h9-17,22,33-34,46-47,54-55,58-59,74-75H,7-8,18-21,23-32,35-45H2,1-6H3,(H,72,90)(H,73,91)(H,76,88)(H,77,89)/b22-17+/t46-,47-,54?,55-,58+,59+/m1/s1. The molecule has 2 aromatic carbocycles. The predicted molar refractivity (Wildman–Crippen MR) is 354 cm³/mol. The summed E-state index contributed by atoms with van der Waals surface area (Å²) in [5.41, 5.74) is 4.23. The maximum absolute atomic E-state index is 14.3. The van der Waals surface area contributed by atoms with Crippen molar-refractivity contribution in [1.82, 2.24) is 60.6 Å². The molecule has 4 amide bonds. The van der Waals surface area contributed by atoms with Crippen molar-refractivity contribution in [2.75, 3.05) is 160 Å². The second kappa shape index (κ2) is 29.9. The van der Waals surface area contributed by atoms with Crippen LogP contribution in [0.25, 0.3) is 0 Å². The van der Waals surface area contributed by atoms with Crippen LogP contribution in [0, 0.1) is 11.6 Å². The number of benzene rings is 2. The molecule has 1 unspecified atom stereocenters. The third-order valence-electron chi connectivity index (χ3n) is 19.7. The monoisotopic (exact) mass is 1290 g/mol. The van der Waals surface area contributed by atoms with E-state index in [9.17, 15) is 37.5 Å². The third kappa shape index (κ3) is 17.0. The molecule has 0 radical (unpaired) electrons. The van der Waals surface area contributed by atoms with Gasteiger partial charge in [-0.1, -0.05) is 58.0 Å².